The zero-order valence-corrected chi connectivity index (χ0v) is 15.1. The van der Waals surface area contributed by atoms with Crippen molar-refractivity contribution in [3.05, 3.63) is 69.8 Å². The summed E-state index contributed by atoms with van der Waals surface area (Å²) in [4.78, 5) is 34.1. The zero-order valence-electron chi connectivity index (χ0n) is 15.1. The van der Waals surface area contributed by atoms with Gasteiger partial charge in [-0.25, -0.2) is 9.59 Å². The van der Waals surface area contributed by atoms with Crippen molar-refractivity contribution in [2.24, 2.45) is 0 Å². The summed E-state index contributed by atoms with van der Waals surface area (Å²) in [5.74, 6) is -0.797. The Labute approximate surface area is 157 Å². The van der Waals surface area contributed by atoms with Gasteiger partial charge in [-0.2, -0.15) is 0 Å². The number of nitro groups is 1. The summed E-state index contributed by atoms with van der Waals surface area (Å²) in [6.45, 7) is 2.50. The molecular weight excluding hydrogens is 350 g/mol. The third-order valence-electron chi connectivity index (χ3n) is 3.85. The Morgan fingerprint density at radius 1 is 0.889 bits per heavy atom. The first-order valence-corrected chi connectivity index (χ1v) is 8.75. The van der Waals surface area contributed by atoms with Crippen LogP contribution >= 0.6 is 0 Å². The molecule has 0 aliphatic rings. The van der Waals surface area contributed by atoms with Gasteiger partial charge in [-0.3, -0.25) is 10.1 Å². The zero-order chi connectivity index (χ0) is 19.6. The molecular formula is C20H21NO6. The molecule has 0 aliphatic carbocycles. The van der Waals surface area contributed by atoms with Gasteiger partial charge in [0.1, 0.15) is 5.75 Å². The Balaban J connectivity index is 1.88. The van der Waals surface area contributed by atoms with Crippen LogP contribution in [0.2, 0.25) is 0 Å². The fraction of sp³-hybridized carbons (Fsp3) is 0.300. The minimum absolute atomic E-state index is 0.107. The molecule has 2 aromatic rings. The highest BCUT2D eigenvalue weighted by molar-refractivity contribution is 5.92. The molecule has 0 saturated heterocycles. The molecule has 0 atom stereocenters. The van der Waals surface area contributed by atoms with Gasteiger partial charge >= 0.3 is 11.9 Å². The first-order valence-electron chi connectivity index (χ1n) is 8.75. The lowest BCUT2D eigenvalue weighted by molar-refractivity contribution is -0.384. The van der Waals surface area contributed by atoms with Crippen LogP contribution < -0.4 is 4.74 Å². The number of hydrogen-bond donors (Lipinski definition) is 0. The highest BCUT2D eigenvalue weighted by Crippen LogP contribution is 2.17. The average molecular weight is 371 g/mol. The van der Waals surface area contributed by atoms with Gasteiger partial charge in [-0.1, -0.05) is 26.2 Å². The van der Waals surface area contributed by atoms with Crippen LogP contribution in [-0.4, -0.2) is 23.5 Å². The van der Waals surface area contributed by atoms with Crippen LogP contribution in [0.3, 0.4) is 0 Å². The summed E-state index contributed by atoms with van der Waals surface area (Å²) >= 11 is 0. The summed E-state index contributed by atoms with van der Waals surface area (Å²) in [7, 11) is 0. The molecule has 0 N–H and O–H groups in total. The molecule has 0 spiro atoms. The van der Waals surface area contributed by atoms with Crippen molar-refractivity contribution in [2.75, 3.05) is 6.61 Å². The summed E-state index contributed by atoms with van der Waals surface area (Å²) < 4.78 is 10.4. The lowest BCUT2D eigenvalue weighted by atomic mass is 10.2. The second-order valence-corrected chi connectivity index (χ2v) is 5.91. The summed E-state index contributed by atoms with van der Waals surface area (Å²) in [5.41, 5.74) is 0.459. The van der Waals surface area contributed by atoms with Gasteiger partial charge in [0.2, 0.25) is 0 Å². The first kappa shape index (κ1) is 20.1. The molecule has 0 aromatic heterocycles. The molecule has 142 valence electrons. The highest BCUT2D eigenvalue weighted by Gasteiger charge is 2.12. The van der Waals surface area contributed by atoms with Crippen molar-refractivity contribution in [2.45, 2.75) is 32.6 Å². The van der Waals surface area contributed by atoms with Crippen molar-refractivity contribution in [3.8, 4) is 5.75 Å². The molecule has 0 unspecified atom stereocenters. The normalized spacial score (nSPS) is 10.3. The summed E-state index contributed by atoms with van der Waals surface area (Å²) in [5, 5.41) is 10.6. The van der Waals surface area contributed by atoms with E-state index in [1.165, 1.54) is 48.5 Å². The van der Waals surface area contributed by atoms with Gasteiger partial charge in [0, 0.05) is 12.1 Å². The van der Waals surface area contributed by atoms with E-state index in [0.29, 0.717) is 12.2 Å². The van der Waals surface area contributed by atoms with Crippen molar-refractivity contribution >= 4 is 17.6 Å². The molecule has 2 rings (SSSR count). The predicted octanol–water partition coefficient (Wildman–Crippen LogP) is 4.55. The Bertz CT molecular complexity index is 783. The quantitative estimate of drug-likeness (QED) is 0.211. The Morgan fingerprint density at radius 3 is 2.07 bits per heavy atom. The number of benzene rings is 2. The van der Waals surface area contributed by atoms with Crippen molar-refractivity contribution in [1.82, 2.24) is 0 Å². The van der Waals surface area contributed by atoms with Crippen molar-refractivity contribution < 1.29 is 24.0 Å². The topological polar surface area (TPSA) is 95.7 Å². The largest absolute Gasteiger partial charge is 0.462 e. The molecule has 0 amide bonds. The minimum atomic E-state index is -0.642. The van der Waals surface area contributed by atoms with E-state index in [4.69, 9.17) is 9.47 Å². The van der Waals surface area contributed by atoms with Crippen LogP contribution in [0.4, 0.5) is 5.69 Å². The van der Waals surface area contributed by atoms with E-state index in [1.54, 1.807) is 0 Å². The van der Waals surface area contributed by atoms with E-state index in [1.807, 2.05) is 0 Å². The first-order chi connectivity index (χ1) is 13.0. The van der Waals surface area contributed by atoms with Gasteiger partial charge in [-0.05, 0) is 42.8 Å². The lowest BCUT2D eigenvalue weighted by Crippen LogP contribution is -2.09. The van der Waals surface area contributed by atoms with E-state index < -0.39 is 16.9 Å². The maximum atomic E-state index is 12.1. The van der Waals surface area contributed by atoms with Gasteiger partial charge in [0.15, 0.2) is 0 Å². The van der Waals surface area contributed by atoms with Gasteiger partial charge in [0.05, 0.1) is 22.7 Å². The second kappa shape index (κ2) is 10.1. The van der Waals surface area contributed by atoms with Crippen molar-refractivity contribution in [3.63, 3.8) is 0 Å². The number of non-ortho nitro benzene ring substituents is 1. The molecule has 0 heterocycles. The number of hydrogen-bond acceptors (Lipinski definition) is 6. The maximum absolute atomic E-state index is 12.1. The van der Waals surface area contributed by atoms with Gasteiger partial charge in [0.25, 0.3) is 5.69 Å². The summed E-state index contributed by atoms with van der Waals surface area (Å²) in [6.07, 6.45) is 4.10. The number of carbonyl (C=O) groups is 2. The van der Waals surface area contributed by atoms with E-state index >= 15 is 0 Å². The van der Waals surface area contributed by atoms with Crippen LogP contribution in [-0.2, 0) is 4.74 Å². The Hall–Kier alpha value is -3.22. The number of nitro benzene ring substituents is 1. The van der Waals surface area contributed by atoms with Crippen molar-refractivity contribution in [1.29, 1.82) is 0 Å². The number of esters is 2. The van der Waals surface area contributed by atoms with Crippen LogP contribution in [0.1, 0.15) is 53.3 Å². The minimum Gasteiger partial charge on any atom is -0.462 e. The molecule has 0 radical (unpaired) electrons. The molecule has 0 aliphatic heterocycles. The Kier molecular flexibility index (Phi) is 7.49. The van der Waals surface area contributed by atoms with Crippen LogP contribution in [0.15, 0.2) is 48.5 Å². The number of unbranched alkanes of at least 4 members (excludes halogenated alkanes) is 3. The molecule has 0 bridgehead atoms. The van der Waals surface area contributed by atoms with Gasteiger partial charge < -0.3 is 9.47 Å². The standard InChI is InChI=1S/C20H21NO6/c1-2-3-4-5-14-26-19(22)15-8-12-18(13-9-15)27-20(23)16-6-10-17(11-7-16)21(24)25/h6-13H,2-5,14H2,1H3. The molecule has 7 heteroatoms. The van der Waals surface area contributed by atoms with E-state index in [0.717, 1.165) is 25.7 Å². The fourth-order valence-corrected chi connectivity index (χ4v) is 2.32. The van der Waals surface area contributed by atoms with Crippen LogP contribution in [0.5, 0.6) is 5.75 Å². The third kappa shape index (κ3) is 6.22. The fourth-order valence-electron chi connectivity index (χ4n) is 2.32. The predicted molar refractivity (Wildman–Crippen MR) is 98.9 cm³/mol. The van der Waals surface area contributed by atoms with Gasteiger partial charge in [-0.15, -0.1) is 0 Å². The molecule has 2 aromatic carbocycles. The Morgan fingerprint density at radius 2 is 1.48 bits per heavy atom. The monoisotopic (exact) mass is 371 g/mol. The highest BCUT2D eigenvalue weighted by atomic mass is 16.6. The number of ether oxygens (including phenoxy) is 2. The van der Waals surface area contributed by atoms with Crippen LogP contribution in [0, 0.1) is 10.1 Å². The lowest BCUT2D eigenvalue weighted by Gasteiger charge is -2.07. The molecule has 7 nitrogen and oxygen atoms in total. The van der Waals surface area contributed by atoms with E-state index in [9.17, 15) is 19.7 Å². The molecule has 0 fully saturated rings. The maximum Gasteiger partial charge on any atom is 0.343 e. The summed E-state index contributed by atoms with van der Waals surface area (Å²) in [6, 6.07) is 11.1. The van der Waals surface area contributed by atoms with E-state index in [2.05, 4.69) is 6.92 Å². The van der Waals surface area contributed by atoms with Crippen LogP contribution in [0.25, 0.3) is 0 Å². The second-order valence-electron chi connectivity index (χ2n) is 5.91. The molecule has 27 heavy (non-hydrogen) atoms. The number of rotatable bonds is 9. The SMILES string of the molecule is CCCCCCOC(=O)c1ccc(OC(=O)c2ccc([N+](=O)[O-])cc2)cc1. The smallest absolute Gasteiger partial charge is 0.343 e. The van der Waals surface area contributed by atoms with E-state index in [-0.39, 0.29) is 17.0 Å². The average Bonchev–Trinajstić information content (AvgIpc) is 2.68. The third-order valence-corrected chi connectivity index (χ3v) is 3.85. The number of nitrogens with zero attached hydrogens (tertiary/aromatic N) is 1. The molecule has 0 saturated carbocycles. The number of carbonyl (C=O) groups excluding carboxylic acids is 2.